The number of nitrogens with one attached hydrogen (secondary N) is 3. The molecule has 2 rings (SSSR count). The summed E-state index contributed by atoms with van der Waals surface area (Å²) in [4.78, 5) is 23.8. The van der Waals surface area contributed by atoms with Crippen molar-refractivity contribution in [3.05, 3.63) is 42.0 Å². The fourth-order valence-electron chi connectivity index (χ4n) is 2.85. The lowest BCUT2D eigenvalue weighted by Gasteiger charge is -2.35. The number of amides is 2. The van der Waals surface area contributed by atoms with E-state index in [4.69, 9.17) is 12.2 Å². The molecular formula is C18H23N3O2S. The Hall–Kier alpha value is -2.21. The molecule has 1 heterocycles. The van der Waals surface area contributed by atoms with Crippen LogP contribution in [0.1, 0.15) is 38.7 Å². The van der Waals surface area contributed by atoms with Gasteiger partial charge in [0.2, 0.25) is 11.8 Å². The molecule has 24 heavy (non-hydrogen) atoms. The van der Waals surface area contributed by atoms with E-state index in [0.29, 0.717) is 30.9 Å². The Morgan fingerprint density at radius 2 is 2.00 bits per heavy atom. The van der Waals surface area contributed by atoms with Crippen LogP contribution >= 0.6 is 12.2 Å². The number of piperidine rings is 1. The minimum absolute atomic E-state index is 0.198. The van der Waals surface area contributed by atoms with Crippen LogP contribution < -0.4 is 16.0 Å². The van der Waals surface area contributed by atoms with Crippen molar-refractivity contribution < 1.29 is 9.59 Å². The van der Waals surface area contributed by atoms with Gasteiger partial charge in [-0.1, -0.05) is 31.2 Å². The van der Waals surface area contributed by atoms with Gasteiger partial charge in [0.05, 0.1) is 5.41 Å². The maximum absolute atomic E-state index is 12.4. The molecule has 1 aliphatic rings. The Bertz CT molecular complexity index is 669. The van der Waals surface area contributed by atoms with Crippen molar-refractivity contribution in [1.29, 1.82) is 0 Å². The summed E-state index contributed by atoms with van der Waals surface area (Å²) in [5.41, 5.74) is 2.13. The van der Waals surface area contributed by atoms with Crippen LogP contribution in [0.3, 0.4) is 0 Å². The number of imide groups is 1. The van der Waals surface area contributed by atoms with Gasteiger partial charge in [-0.3, -0.25) is 14.9 Å². The number of benzene rings is 1. The molecule has 0 unspecified atom stereocenters. The van der Waals surface area contributed by atoms with Crippen LogP contribution in [0, 0.1) is 0 Å². The molecule has 1 atom stereocenters. The average molecular weight is 345 g/mol. The average Bonchev–Trinajstić information content (AvgIpc) is 2.54. The lowest BCUT2D eigenvalue weighted by Crippen LogP contribution is -2.51. The highest BCUT2D eigenvalue weighted by molar-refractivity contribution is 7.80. The van der Waals surface area contributed by atoms with Crippen molar-refractivity contribution in [3.63, 3.8) is 0 Å². The molecule has 1 fully saturated rings. The number of thiocarbonyl (C=S) groups is 1. The van der Waals surface area contributed by atoms with Crippen LogP contribution in [0.25, 0.3) is 0 Å². The predicted molar refractivity (Wildman–Crippen MR) is 99.8 cm³/mol. The summed E-state index contributed by atoms with van der Waals surface area (Å²) in [6.45, 7) is 8.33. The van der Waals surface area contributed by atoms with Crippen molar-refractivity contribution in [2.75, 3.05) is 11.9 Å². The first-order chi connectivity index (χ1) is 11.4. The third-order valence-corrected chi connectivity index (χ3v) is 4.56. The van der Waals surface area contributed by atoms with Crippen LogP contribution in [0.2, 0.25) is 0 Å². The summed E-state index contributed by atoms with van der Waals surface area (Å²) in [6, 6.07) is 7.63. The summed E-state index contributed by atoms with van der Waals surface area (Å²) in [7, 11) is 0. The Kier molecular flexibility index (Phi) is 5.72. The minimum atomic E-state index is -0.634. The Morgan fingerprint density at radius 1 is 1.33 bits per heavy atom. The second kappa shape index (κ2) is 7.57. The molecule has 0 bridgehead atoms. The second-order valence-corrected chi connectivity index (χ2v) is 6.56. The third-order valence-electron chi connectivity index (χ3n) is 4.32. The van der Waals surface area contributed by atoms with E-state index >= 15 is 0 Å². The second-order valence-electron chi connectivity index (χ2n) is 6.16. The molecule has 6 heteroatoms. The molecule has 1 aromatic carbocycles. The van der Waals surface area contributed by atoms with Crippen molar-refractivity contribution >= 4 is 34.8 Å². The lowest BCUT2D eigenvalue weighted by atomic mass is 9.72. The van der Waals surface area contributed by atoms with E-state index < -0.39 is 5.41 Å². The van der Waals surface area contributed by atoms with Gasteiger partial charge in [0.15, 0.2) is 5.11 Å². The van der Waals surface area contributed by atoms with Crippen LogP contribution in [-0.4, -0.2) is 23.5 Å². The standard InChI is InChI=1S/C18H23N3O2S/c1-4-18(10-9-15(22)21-16(18)23)13-5-7-14(8-6-13)20-17(24)19-11-12(2)3/h5-8H,2,4,9-11H2,1,3H3,(H2,19,20,24)(H,21,22,23)/t18-/m1/s1. The molecular weight excluding hydrogens is 322 g/mol. The topological polar surface area (TPSA) is 70.2 Å². The van der Waals surface area contributed by atoms with Crippen molar-refractivity contribution in [1.82, 2.24) is 10.6 Å². The zero-order chi connectivity index (χ0) is 17.7. The van der Waals surface area contributed by atoms with Crippen LogP contribution in [-0.2, 0) is 15.0 Å². The number of anilines is 1. The van der Waals surface area contributed by atoms with E-state index in [1.54, 1.807) is 0 Å². The van der Waals surface area contributed by atoms with Gasteiger partial charge < -0.3 is 10.6 Å². The Balaban J connectivity index is 2.10. The Labute approximate surface area is 147 Å². The van der Waals surface area contributed by atoms with Gasteiger partial charge >= 0.3 is 0 Å². The largest absolute Gasteiger partial charge is 0.359 e. The number of hydrogen-bond acceptors (Lipinski definition) is 3. The monoisotopic (exact) mass is 345 g/mol. The molecule has 1 aliphatic heterocycles. The lowest BCUT2D eigenvalue weighted by molar-refractivity contribution is -0.138. The predicted octanol–water partition coefficient (Wildman–Crippen LogP) is 2.63. The first-order valence-corrected chi connectivity index (χ1v) is 8.42. The first kappa shape index (κ1) is 18.1. The maximum Gasteiger partial charge on any atom is 0.237 e. The molecule has 0 aromatic heterocycles. The van der Waals surface area contributed by atoms with Crippen molar-refractivity contribution in [2.24, 2.45) is 0 Å². The summed E-state index contributed by atoms with van der Waals surface area (Å²) in [6.07, 6.45) is 1.56. The first-order valence-electron chi connectivity index (χ1n) is 8.01. The number of rotatable bonds is 5. The van der Waals surface area contributed by atoms with Crippen LogP contribution in [0.15, 0.2) is 36.4 Å². The molecule has 0 aliphatic carbocycles. The summed E-state index contributed by atoms with van der Waals surface area (Å²) in [5, 5.41) is 9.15. The normalized spacial score (nSPS) is 20.2. The van der Waals surface area contributed by atoms with Gasteiger partial charge in [-0.15, -0.1) is 0 Å². The SMILES string of the molecule is C=C(C)CNC(=S)Nc1ccc([C@@]2(CC)CCC(=O)NC2=O)cc1. The zero-order valence-corrected chi connectivity index (χ0v) is 14.9. The van der Waals surface area contributed by atoms with Gasteiger partial charge in [0.1, 0.15) is 0 Å². The molecule has 0 spiro atoms. The minimum Gasteiger partial charge on any atom is -0.359 e. The Morgan fingerprint density at radius 3 is 2.54 bits per heavy atom. The number of carbonyl (C=O) groups is 2. The van der Waals surface area contributed by atoms with E-state index in [-0.39, 0.29) is 11.8 Å². The summed E-state index contributed by atoms with van der Waals surface area (Å²) >= 11 is 5.22. The fourth-order valence-corrected chi connectivity index (χ4v) is 3.04. The molecule has 128 valence electrons. The molecule has 1 aromatic rings. The fraction of sp³-hybridized carbons (Fsp3) is 0.389. The molecule has 5 nitrogen and oxygen atoms in total. The van der Waals surface area contributed by atoms with Gasteiger partial charge in [0, 0.05) is 18.7 Å². The van der Waals surface area contributed by atoms with Crippen molar-refractivity contribution in [3.8, 4) is 0 Å². The van der Waals surface area contributed by atoms with Gasteiger partial charge in [-0.05, 0) is 49.7 Å². The van der Waals surface area contributed by atoms with Crippen LogP contribution in [0.5, 0.6) is 0 Å². The van der Waals surface area contributed by atoms with E-state index in [1.807, 2.05) is 38.1 Å². The van der Waals surface area contributed by atoms with E-state index in [9.17, 15) is 9.59 Å². The number of carbonyl (C=O) groups excluding carboxylic acids is 2. The highest BCUT2D eigenvalue weighted by atomic mass is 32.1. The van der Waals surface area contributed by atoms with Gasteiger partial charge in [0.25, 0.3) is 0 Å². The number of hydrogen-bond donors (Lipinski definition) is 3. The molecule has 0 radical (unpaired) electrons. The maximum atomic E-state index is 12.4. The molecule has 1 saturated heterocycles. The quantitative estimate of drug-likeness (QED) is 0.435. The van der Waals surface area contributed by atoms with Crippen LogP contribution in [0.4, 0.5) is 5.69 Å². The van der Waals surface area contributed by atoms with E-state index in [1.165, 1.54) is 0 Å². The zero-order valence-electron chi connectivity index (χ0n) is 14.1. The highest BCUT2D eigenvalue weighted by Gasteiger charge is 2.42. The summed E-state index contributed by atoms with van der Waals surface area (Å²) < 4.78 is 0. The smallest absolute Gasteiger partial charge is 0.237 e. The third kappa shape index (κ3) is 4.00. The molecule has 3 N–H and O–H groups in total. The molecule has 0 saturated carbocycles. The van der Waals surface area contributed by atoms with E-state index in [2.05, 4.69) is 22.5 Å². The molecule has 2 amide bonds. The van der Waals surface area contributed by atoms with Gasteiger partial charge in [-0.25, -0.2) is 0 Å². The summed E-state index contributed by atoms with van der Waals surface area (Å²) in [5.74, 6) is -0.406. The van der Waals surface area contributed by atoms with Crippen molar-refractivity contribution in [2.45, 2.75) is 38.5 Å². The highest BCUT2D eigenvalue weighted by Crippen LogP contribution is 2.36. The van der Waals surface area contributed by atoms with E-state index in [0.717, 1.165) is 16.8 Å². The van der Waals surface area contributed by atoms with Gasteiger partial charge in [-0.2, -0.15) is 0 Å².